The van der Waals surface area contributed by atoms with E-state index in [9.17, 15) is 18.0 Å². The Kier molecular flexibility index (Phi) is 5.35. The molecule has 0 spiro atoms. The summed E-state index contributed by atoms with van der Waals surface area (Å²) in [5, 5.41) is 5.49. The fraction of sp³-hybridized carbons (Fsp3) is 0.462. The number of hydrogen-bond donors (Lipinski definition) is 2. The van der Waals surface area contributed by atoms with E-state index < -0.39 is 11.7 Å². The van der Waals surface area contributed by atoms with Crippen LogP contribution in [-0.4, -0.2) is 18.5 Å². The molecule has 1 rings (SSSR count). The second kappa shape index (κ2) is 6.56. The molecule has 0 radical (unpaired) electrons. The summed E-state index contributed by atoms with van der Waals surface area (Å²) < 4.78 is 37.4. The Morgan fingerprint density at radius 1 is 1.32 bits per heavy atom. The van der Waals surface area contributed by atoms with E-state index in [2.05, 4.69) is 10.6 Å². The topological polar surface area (TPSA) is 41.1 Å². The molecule has 2 N–H and O–H groups in total. The lowest BCUT2D eigenvalue weighted by Gasteiger charge is -2.11. The molecule has 0 bridgehead atoms. The average Bonchev–Trinajstić information content (AvgIpc) is 2.27. The first-order valence-electron chi connectivity index (χ1n) is 5.95. The Labute approximate surface area is 110 Å². The smallest absolute Gasteiger partial charge is 0.353 e. The highest BCUT2D eigenvalue weighted by molar-refractivity contribution is 5.78. The molecule has 0 heterocycles. The lowest BCUT2D eigenvalue weighted by Crippen LogP contribution is -2.37. The molecular formula is C13H17F3N2O. The van der Waals surface area contributed by atoms with Crippen molar-refractivity contribution in [2.75, 3.05) is 6.54 Å². The third-order valence-corrected chi connectivity index (χ3v) is 2.32. The summed E-state index contributed by atoms with van der Waals surface area (Å²) in [4.78, 5) is 11.3. The summed E-state index contributed by atoms with van der Waals surface area (Å²) in [5.74, 6) is -0.179. The Hall–Kier alpha value is -1.56. The van der Waals surface area contributed by atoms with Crippen LogP contribution < -0.4 is 10.6 Å². The van der Waals surface area contributed by atoms with Gasteiger partial charge >= 0.3 is 6.18 Å². The molecule has 0 atom stereocenters. The molecule has 1 aromatic carbocycles. The van der Waals surface area contributed by atoms with Crippen molar-refractivity contribution in [3.63, 3.8) is 0 Å². The zero-order valence-corrected chi connectivity index (χ0v) is 10.8. The Balaban J connectivity index is 2.48. The van der Waals surface area contributed by atoms with Crippen molar-refractivity contribution in [2.24, 2.45) is 0 Å². The van der Waals surface area contributed by atoms with Crippen LogP contribution in [0.2, 0.25) is 0 Å². The van der Waals surface area contributed by atoms with E-state index in [-0.39, 0.29) is 25.0 Å². The maximum Gasteiger partial charge on any atom is 0.416 e. The van der Waals surface area contributed by atoms with Gasteiger partial charge in [0.25, 0.3) is 0 Å². The molecule has 3 nitrogen and oxygen atoms in total. The van der Waals surface area contributed by atoms with E-state index in [0.29, 0.717) is 5.56 Å². The van der Waals surface area contributed by atoms with Gasteiger partial charge in [-0.3, -0.25) is 4.79 Å². The molecule has 6 heteroatoms. The van der Waals surface area contributed by atoms with Gasteiger partial charge in [0.05, 0.1) is 12.1 Å². The van der Waals surface area contributed by atoms with Crippen LogP contribution in [0.4, 0.5) is 13.2 Å². The Morgan fingerprint density at radius 2 is 2.00 bits per heavy atom. The van der Waals surface area contributed by atoms with E-state index in [0.717, 1.165) is 12.1 Å². The number of amides is 1. The predicted octanol–water partition coefficient (Wildman–Crippen LogP) is 2.32. The van der Waals surface area contributed by atoms with E-state index in [1.165, 1.54) is 6.07 Å². The summed E-state index contributed by atoms with van der Waals surface area (Å²) in [6, 6.07) is 5.08. The van der Waals surface area contributed by atoms with Crippen molar-refractivity contribution in [1.82, 2.24) is 10.6 Å². The van der Waals surface area contributed by atoms with Crippen LogP contribution in [0.15, 0.2) is 24.3 Å². The van der Waals surface area contributed by atoms with E-state index in [4.69, 9.17) is 0 Å². The molecule has 0 fully saturated rings. The van der Waals surface area contributed by atoms with Crippen LogP contribution in [0.3, 0.4) is 0 Å². The summed E-state index contributed by atoms with van der Waals surface area (Å²) in [6.07, 6.45) is -4.34. The normalized spacial score (nSPS) is 11.7. The summed E-state index contributed by atoms with van der Waals surface area (Å²) in [5.41, 5.74) is -0.189. The summed E-state index contributed by atoms with van der Waals surface area (Å²) in [7, 11) is 0. The number of hydrogen-bond acceptors (Lipinski definition) is 2. The third-order valence-electron chi connectivity index (χ3n) is 2.32. The van der Waals surface area contributed by atoms with E-state index in [1.54, 1.807) is 6.07 Å². The molecule has 106 valence electrons. The van der Waals surface area contributed by atoms with Crippen LogP contribution in [0.5, 0.6) is 0 Å². The van der Waals surface area contributed by atoms with E-state index in [1.807, 2.05) is 13.8 Å². The number of carbonyl (C=O) groups is 1. The predicted molar refractivity (Wildman–Crippen MR) is 66.4 cm³/mol. The highest BCUT2D eigenvalue weighted by atomic mass is 19.4. The molecule has 0 aromatic heterocycles. The number of rotatable bonds is 5. The highest BCUT2D eigenvalue weighted by Gasteiger charge is 2.30. The van der Waals surface area contributed by atoms with Crippen molar-refractivity contribution < 1.29 is 18.0 Å². The van der Waals surface area contributed by atoms with Crippen LogP contribution in [0.25, 0.3) is 0 Å². The quantitative estimate of drug-likeness (QED) is 0.865. The van der Waals surface area contributed by atoms with Crippen molar-refractivity contribution in [2.45, 2.75) is 32.6 Å². The molecule has 0 saturated heterocycles. The van der Waals surface area contributed by atoms with E-state index >= 15 is 0 Å². The largest absolute Gasteiger partial charge is 0.416 e. The third kappa shape index (κ3) is 5.74. The monoisotopic (exact) mass is 274 g/mol. The minimum Gasteiger partial charge on any atom is -0.353 e. The minimum absolute atomic E-state index is 0.0443. The van der Waals surface area contributed by atoms with Gasteiger partial charge < -0.3 is 10.6 Å². The van der Waals surface area contributed by atoms with Gasteiger partial charge in [0.1, 0.15) is 0 Å². The van der Waals surface area contributed by atoms with Gasteiger partial charge in [-0.15, -0.1) is 0 Å². The number of carbonyl (C=O) groups excluding carboxylic acids is 1. The molecule has 0 aliphatic rings. The zero-order valence-electron chi connectivity index (χ0n) is 10.8. The molecule has 19 heavy (non-hydrogen) atoms. The van der Waals surface area contributed by atoms with Gasteiger partial charge in [-0.2, -0.15) is 13.2 Å². The molecule has 0 saturated carbocycles. The fourth-order valence-corrected chi connectivity index (χ4v) is 1.55. The lowest BCUT2D eigenvalue weighted by atomic mass is 10.1. The van der Waals surface area contributed by atoms with Gasteiger partial charge in [-0.25, -0.2) is 0 Å². The number of halogens is 3. The van der Waals surface area contributed by atoms with Crippen molar-refractivity contribution >= 4 is 5.91 Å². The molecule has 0 aliphatic heterocycles. The van der Waals surface area contributed by atoms with Gasteiger partial charge in [-0.05, 0) is 25.5 Å². The summed E-state index contributed by atoms with van der Waals surface area (Å²) >= 11 is 0. The molecule has 1 aromatic rings. The summed E-state index contributed by atoms with van der Waals surface area (Å²) in [6.45, 7) is 3.97. The maximum atomic E-state index is 12.5. The van der Waals surface area contributed by atoms with Crippen molar-refractivity contribution in [3.8, 4) is 0 Å². The number of benzene rings is 1. The Bertz CT molecular complexity index is 430. The lowest BCUT2D eigenvalue weighted by molar-refractivity contribution is -0.137. The van der Waals surface area contributed by atoms with Crippen LogP contribution in [0, 0.1) is 0 Å². The number of alkyl halides is 3. The zero-order chi connectivity index (χ0) is 14.5. The first kappa shape index (κ1) is 15.5. The molecule has 1 amide bonds. The SMILES string of the molecule is CC(C)NC(=O)CNCc1cccc(C(F)(F)F)c1. The fourth-order valence-electron chi connectivity index (χ4n) is 1.55. The second-order valence-electron chi connectivity index (χ2n) is 4.52. The van der Waals surface area contributed by atoms with Gasteiger partial charge in [0.2, 0.25) is 5.91 Å². The highest BCUT2D eigenvalue weighted by Crippen LogP contribution is 2.29. The number of nitrogens with one attached hydrogen (secondary N) is 2. The second-order valence-corrected chi connectivity index (χ2v) is 4.52. The van der Waals surface area contributed by atoms with Gasteiger partial charge in [0, 0.05) is 12.6 Å². The van der Waals surface area contributed by atoms with Crippen LogP contribution in [-0.2, 0) is 17.5 Å². The Morgan fingerprint density at radius 3 is 2.58 bits per heavy atom. The van der Waals surface area contributed by atoms with Crippen LogP contribution >= 0.6 is 0 Å². The molecule has 0 unspecified atom stereocenters. The average molecular weight is 274 g/mol. The first-order valence-corrected chi connectivity index (χ1v) is 5.95. The van der Waals surface area contributed by atoms with Gasteiger partial charge in [0.15, 0.2) is 0 Å². The van der Waals surface area contributed by atoms with Crippen molar-refractivity contribution in [3.05, 3.63) is 35.4 Å². The molecular weight excluding hydrogens is 257 g/mol. The van der Waals surface area contributed by atoms with Crippen molar-refractivity contribution in [1.29, 1.82) is 0 Å². The first-order chi connectivity index (χ1) is 8.79. The minimum atomic E-state index is -4.34. The van der Waals surface area contributed by atoms with Crippen LogP contribution in [0.1, 0.15) is 25.0 Å². The maximum absolute atomic E-state index is 12.5. The van der Waals surface area contributed by atoms with Gasteiger partial charge in [-0.1, -0.05) is 18.2 Å². The standard InChI is InChI=1S/C13H17F3N2O/c1-9(2)18-12(19)8-17-7-10-4-3-5-11(6-10)13(14,15)16/h3-6,9,17H,7-8H2,1-2H3,(H,18,19). The molecule has 0 aliphatic carbocycles.